The van der Waals surface area contributed by atoms with Gasteiger partial charge in [0.05, 0.1) is 50.8 Å². The summed E-state index contributed by atoms with van der Waals surface area (Å²) in [6.45, 7) is 59.2. The van der Waals surface area contributed by atoms with Crippen LogP contribution in [0.4, 0.5) is 0 Å². The molecule has 14 N–H and O–H groups in total. The number of nitrogens with two attached hydrogens (primary N) is 2. The Labute approximate surface area is 622 Å². The molecule has 2 aliphatic rings. The molecular formula is C78H144MgN8O4Si4Zn+2. The molecule has 0 atom stereocenters. The van der Waals surface area contributed by atoms with Gasteiger partial charge in [0.2, 0.25) is 0 Å². The Morgan fingerprint density at radius 3 is 0.625 bits per heavy atom. The van der Waals surface area contributed by atoms with Gasteiger partial charge in [-0.15, -0.1) is 0 Å². The van der Waals surface area contributed by atoms with E-state index in [1.807, 2.05) is 0 Å². The maximum Gasteiger partial charge on any atom is 2.00 e. The molecule has 538 valence electrons. The smallest absolute Gasteiger partial charge is 0.507 e. The number of phenols is 4. The van der Waals surface area contributed by atoms with Gasteiger partial charge >= 0.3 is 23.1 Å². The third kappa shape index (κ3) is 24.1. The SMILES string of the molecule is CC[Si](CC)(CC)c1cc2c(O)c(c1)CNCC(C)(C)CNCc1cc([Si](CC)(CC)CC)cc(c1O)CNCC(C)(C)CNC2.CC[Si](CC)(CC)c1cc2c(O)c(c1)C[NH2+]CC(C)(C)C[NH2+]Cc1cc([Si](CC)(CC)CC)cc(c1O)CNCC(C)(C)CNC2.[CH3-].[CH3-].[Mg+2].[Zn]. The van der Waals surface area contributed by atoms with Crippen LogP contribution in [0.3, 0.4) is 0 Å². The molecule has 0 saturated heterocycles. The standard InChI is InChI=1S/2C38H68N4O2Si2.2CH3.Mg.Zn/c2*1-11-45(12-2,13-3)33-17-29-21-39-25-37(7,8)27-41-23-31-19-34(46(14-4,15-5)16-6)20-32(36(31)44)24-42-28-38(9,10)26-40-22-30(18-33)35(29)43;;;;/h2*17-20,39-44H,11-16,21-28H2,1-10H3;2*1H3;;/q;;2*-1;+2;/p+2. The van der Waals surface area contributed by atoms with Gasteiger partial charge in [-0.05, 0) is 30.1 Å². The Hall–Kier alpha value is -1.98. The molecule has 12 nitrogen and oxygen atoms in total. The minimum atomic E-state index is -1.62. The second-order valence-corrected chi connectivity index (χ2v) is 52.6. The first-order valence-electron chi connectivity index (χ1n) is 36.8. The molecule has 8 bridgehead atoms. The van der Waals surface area contributed by atoms with Crippen LogP contribution in [-0.4, -0.2) is 128 Å². The summed E-state index contributed by atoms with van der Waals surface area (Å²) in [6, 6.07) is 33.4. The predicted molar refractivity (Wildman–Crippen MR) is 425 cm³/mol. The maximum atomic E-state index is 11.5. The Bertz CT molecular complexity index is 2390. The summed E-state index contributed by atoms with van der Waals surface area (Å²) < 4.78 is 0. The minimum absolute atomic E-state index is 0. The van der Waals surface area contributed by atoms with E-state index in [4.69, 9.17) is 0 Å². The van der Waals surface area contributed by atoms with Crippen LogP contribution < -0.4 is 63.3 Å². The summed E-state index contributed by atoms with van der Waals surface area (Å²) in [5.74, 6) is 1.83. The Morgan fingerprint density at radius 2 is 0.458 bits per heavy atom. The average Bonchev–Trinajstić information content (AvgIpc) is 0.819. The Morgan fingerprint density at radius 1 is 0.302 bits per heavy atom. The molecular weight excluding hydrogens is 1310 g/mol. The number of fused-ring (bicyclic) bond motifs is 8. The van der Waals surface area contributed by atoms with Crippen molar-refractivity contribution < 1.29 is 50.5 Å². The number of aromatic hydroxyl groups is 4. The Kier molecular flexibility index (Phi) is 39.6. The van der Waals surface area contributed by atoms with Gasteiger partial charge in [-0.3, -0.25) is 0 Å². The van der Waals surface area contributed by atoms with Crippen molar-refractivity contribution in [2.75, 3.05) is 52.4 Å². The van der Waals surface area contributed by atoms with E-state index in [2.05, 4.69) is 230 Å². The number of benzene rings is 4. The summed E-state index contributed by atoms with van der Waals surface area (Å²) in [4.78, 5) is 0. The number of phenolic OH excluding ortho intramolecular Hbond substituents is 4. The molecule has 4 aromatic rings. The normalized spacial score (nSPS) is 17.9. The van der Waals surface area contributed by atoms with E-state index in [9.17, 15) is 20.4 Å². The van der Waals surface area contributed by atoms with E-state index < -0.39 is 32.3 Å². The van der Waals surface area contributed by atoms with E-state index in [1.54, 1.807) is 0 Å². The fraction of sp³-hybridized carbons (Fsp3) is 0.667. The van der Waals surface area contributed by atoms with Crippen molar-refractivity contribution in [1.82, 2.24) is 31.9 Å². The first kappa shape index (κ1) is 92.0. The van der Waals surface area contributed by atoms with Gasteiger partial charge in [-0.25, -0.2) is 0 Å². The first-order chi connectivity index (χ1) is 43.5. The van der Waals surface area contributed by atoms with Crippen molar-refractivity contribution in [3.05, 3.63) is 108 Å². The zero-order chi connectivity index (χ0) is 68.4. The quantitative estimate of drug-likeness (QED) is 0.0381. The number of hydrogen-bond donors (Lipinski definition) is 12. The van der Waals surface area contributed by atoms with Crippen LogP contribution >= 0.6 is 0 Å². The molecule has 0 unspecified atom stereocenters. The molecule has 6 rings (SSSR count). The zero-order valence-corrected chi connectivity index (χ0v) is 74.2. The van der Waals surface area contributed by atoms with Crippen LogP contribution in [0.1, 0.15) is 183 Å². The van der Waals surface area contributed by atoms with Gasteiger partial charge in [0, 0.05) is 143 Å². The second kappa shape index (κ2) is 41.3. The minimum Gasteiger partial charge on any atom is -0.507 e. The van der Waals surface area contributed by atoms with Crippen molar-refractivity contribution in [3.8, 4) is 23.0 Å². The van der Waals surface area contributed by atoms with Gasteiger partial charge in [0.1, 0.15) is 36.1 Å². The van der Waals surface area contributed by atoms with Gasteiger partial charge < -0.3 is 77.8 Å². The van der Waals surface area contributed by atoms with E-state index in [-0.39, 0.29) is 79.0 Å². The van der Waals surface area contributed by atoms with Crippen LogP contribution in [0, 0.1) is 36.5 Å². The van der Waals surface area contributed by atoms with E-state index in [0.29, 0.717) is 62.3 Å². The monoisotopic (exact) mass is 1460 g/mol. The van der Waals surface area contributed by atoms with Gasteiger partial charge in [0.25, 0.3) is 0 Å². The Balaban J connectivity index is 0.000000922. The summed E-state index contributed by atoms with van der Waals surface area (Å²) in [5.41, 5.74) is 8.42. The summed E-state index contributed by atoms with van der Waals surface area (Å²) >= 11 is 0. The molecule has 4 aromatic carbocycles. The summed E-state index contributed by atoms with van der Waals surface area (Å²) in [6.07, 6.45) is 0. The molecule has 18 heteroatoms. The third-order valence-corrected chi connectivity index (χ3v) is 45.6. The van der Waals surface area contributed by atoms with Crippen molar-refractivity contribution in [3.63, 3.8) is 0 Å². The summed E-state index contributed by atoms with van der Waals surface area (Å²) in [5, 5.41) is 79.1. The van der Waals surface area contributed by atoms with Crippen molar-refractivity contribution >= 4 is 76.1 Å². The van der Waals surface area contributed by atoms with Crippen molar-refractivity contribution in [1.29, 1.82) is 0 Å². The molecule has 2 aliphatic heterocycles. The second-order valence-electron chi connectivity index (χ2n) is 31.6. The van der Waals surface area contributed by atoms with Crippen molar-refractivity contribution in [2.45, 2.75) is 263 Å². The van der Waals surface area contributed by atoms with Crippen LogP contribution in [-0.2, 0) is 71.8 Å². The number of quaternary nitrogens is 2. The van der Waals surface area contributed by atoms with E-state index in [0.717, 1.165) is 110 Å². The predicted octanol–water partition coefficient (Wildman–Crippen LogP) is 11.8. The topological polar surface area (TPSA) is 186 Å². The zero-order valence-electron chi connectivity index (χ0n) is 65.8. The van der Waals surface area contributed by atoms with Gasteiger partial charge in [0.15, 0.2) is 0 Å². The van der Waals surface area contributed by atoms with Crippen LogP contribution in [0.25, 0.3) is 0 Å². The van der Waals surface area contributed by atoms with Gasteiger partial charge in [-0.2, -0.15) is 0 Å². The summed E-state index contributed by atoms with van der Waals surface area (Å²) in [7, 11) is -6.46. The first-order valence-corrected chi connectivity index (χ1v) is 47.3. The third-order valence-electron chi connectivity index (χ3n) is 23.3. The molecule has 0 aromatic heterocycles. The molecule has 96 heavy (non-hydrogen) atoms. The molecule has 2 heterocycles. The fourth-order valence-corrected chi connectivity index (χ4v) is 30.3. The molecule has 0 amide bonds. The molecule has 0 saturated carbocycles. The van der Waals surface area contributed by atoms with E-state index in [1.165, 1.54) is 93.3 Å². The maximum absolute atomic E-state index is 11.5. The van der Waals surface area contributed by atoms with Crippen LogP contribution in [0.2, 0.25) is 72.5 Å². The van der Waals surface area contributed by atoms with Gasteiger partial charge in [-0.1, -0.05) is 266 Å². The average molecular weight is 1460 g/mol. The number of nitrogens with one attached hydrogen (secondary N) is 6. The molecule has 0 spiro atoms. The largest absolute Gasteiger partial charge is 2.00 e. The number of hydrogen-bond acceptors (Lipinski definition) is 10. The van der Waals surface area contributed by atoms with E-state index >= 15 is 0 Å². The van der Waals surface area contributed by atoms with Crippen LogP contribution in [0.5, 0.6) is 23.0 Å². The fourth-order valence-electron chi connectivity index (χ4n) is 15.6. The number of rotatable bonds is 16. The van der Waals surface area contributed by atoms with Crippen LogP contribution in [0.15, 0.2) is 48.5 Å². The molecule has 0 fully saturated rings. The molecule has 0 aliphatic carbocycles. The van der Waals surface area contributed by atoms with Crippen molar-refractivity contribution in [2.24, 2.45) is 21.7 Å². The molecule has 0 radical (unpaired) electrons.